The van der Waals surface area contributed by atoms with Crippen LogP contribution in [-0.2, 0) is 10.0 Å². The Labute approximate surface area is 199 Å². The zero-order chi connectivity index (χ0) is 24.5. The van der Waals surface area contributed by atoms with E-state index in [4.69, 9.17) is 11.6 Å². The predicted octanol–water partition coefficient (Wildman–Crippen LogP) is 4.33. The van der Waals surface area contributed by atoms with Crippen molar-refractivity contribution in [1.82, 2.24) is 9.71 Å². The molecule has 0 saturated carbocycles. The Morgan fingerprint density at radius 3 is 2.18 bits per heavy atom. The number of aromatic amines is 1. The molecule has 1 aromatic heterocycles. The minimum Gasteiger partial charge on any atom is -0.478 e. The number of aromatic carboxylic acids is 2. The minimum atomic E-state index is -4.26. The van der Waals surface area contributed by atoms with E-state index in [9.17, 15) is 28.2 Å². The Kier molecular flexibility index (Phi) is 6.43. The van der Waals surface area contributed by atoms with Crippen molar-refractivity contribution in [2.75, 3.05) is 6.54 Å². The van der Waals surface area contributed by atoms with Crippen molar-refractivity contribution in [2.45, 2.75) is 10.8 Å². The van der Waals surface area contributed by atoms with Gasteiger partial charge >= 0.3 is 11.9 Å². The van der Waals surface area contributed by atoms with E-state index in [0.29, 0.717) is 10.6 Å². The maximum absolute atomic E-state index is 13.1. The van der Waals surface area contributed by atoms with Crippen molar-refractivity contribution in [1.29, 1.82) is 0 Å². The van der Waals surface area contributed by atoms with Crippen molar-refractivity contribution < 1.29 is 28.2 Å². The standard InChI is InChI=1S/C24H19ClN2O6S/c25-21-7-3-1-5-17(21)20(19-12-26-22-8-4-2-6-18(19)22)13-27-34(32,33)16-10-14(23(28)29)9-15(11-16)24(30)31/h1-12,20,26-27H,13H2,(H,28,29)(H,30,31)/t20-/m1/s1. The molecule has 0 radical (unpaired) electrons. The third-order valence-corrected chi connectivity index (χ3v) is 7.21. The number of carboxylic acid groups (broad SMARTS) is 2. The summed E-state index contributed by atoms with van der Waals surface area (Å²) in [6.45, 7) is -0.104. The number of aromatic nitrogens is 1. The first-order chi connectivity index (χ1) is 16.2. The fraction of sp³-hybridized carbons (Fsp3) is 0.0833. The molecule has 34 heavy (non-hydrogen) atoms. The van der Waals surface area contributed by atoms with E-state index in [1.165, 1.54) is 0 Å². The molecule has 0 spiro atoms. The highest BCUT2D eigenvalue weighted by Crippen LogP contribution is 2.34. The van der Waals surface area contributed by atoms with Crippen LogP contribution in [0.4, 0.5) is 0 Å². The monoisotopic (exact) mass is 498 g/mol. The van der Waals surface area contributed by atoms with Crippen LogP contribution in [0.2, 0.25) is 5.02 Å². The van der Waals surface area contributed by atoms with Gasteiger partial charge in [0.1, 0.15) is 0 Å². The van der Waals surface area contributed by atoms with Crippen LogP contribution in [0.3, 0.4) is 0 Å². The van der Waals surface area contributed by atoms with Crippen LogP contribution in [0.1, 0.15) is 37.8 Å². The number of hydrogen-bond acceptors (Lipinski definition) is 4. The highest BCUT2D eigenvalue weighted by atomic mass is 35.5. The van der Waals surface area contributed by atoms with E-state index >= 15 is 0 Å². The first-order valence-corrected chi connectivity index (χ1v) is 12.0. The van der Waals surface area contributed by atoms with E-state index < -0.39 is 43.9 Å². The van der Waals surface area contributed by atoms with Crippen molar-refractivity contribution in [3.05, 3.63) is 100 Å². The molecule has 0 bridgehead atoms. The molecule has 4 aromatic rings. The second-order valence-electron chi connectivity index (χ2n) is 7.57. The molecular weight excluding hydrogens is 480 g/mol. The molecule has 0 aliphatic carbocycles. The number of hydrogen-bond donors (Lipinski definition) is 4. The summed E-state index contributed by atoms with van der Waals surface area (Å²) in [5, 5.41) is 19.9. The van der Waals surface area contributed by atoms with Gasteiger partial charge in [0.25, 0.3) is 0 Å². The van der Waals surface area contributed by atoms with Crippen LogP contribution >= 0.6 is 11.6 Å². The van der Waals surface area contributed by atoms with Gasteiger partial charge in [0.15, 0.2) is 0 Å². The van der Waals surface area contributed by atoms with Crippen molar-refractivity contribution in [3.63, 3.8) is 0 Å². The van der Waals surface area contributed by atoms with Gasteiger partial charge in [-0.25, -0.2) is 22.7 Å². The number of fused-ring (bicyclic) bond motifs is 1. The van der Waals surface area contributed by atoms with Crippen molar-refractivity contribution >= 4 is 44.5 Å². The molecule has 4 N–H and O–H groups in total. The number of halogens is 1. The first-order valence-electron chi connectivity index (χ1n) is 10.1. The van der Waals surface area contributed by atoms with Gasteiger partial charge in [-0.15, -0.1) is 0 Å². The number of para-hydroxylation sites is 1. The molecule has 0 fully saturated rings. The normalized spacial score (nSPS) is 12.5. The molecule has 1 heterocycles. The smallest absolute Gasteiger partial charge is 0.335 e. The van der Waals surface area contributed by atoms with Crippen LogP contribution in [0.25, 0.3) is 10.9 Å². The average molecular weight is 499 g/mol. The molecule has 4 rings (SSSR count). The lowest BCUT2D eigenvalue weighted by Gasteiger charge is -2.19. The Bertz CT molecular complexity index is 1480. The second kappa shape index (κ2) is 9.30. The summed E-state index contributed by atoms with van der Waals surface area (Å²) in [5.74, 6) is -3.36. The van der Waals surface area contributed by atoms with Gasteiger partial charge in [0.2, 0.25) is 10.0 Å². The van der Waals surface area contributed by atoms with Gasteiger partial charge in [0, 0.05) is 34.6 Å². The number of carboxylic acids is 2. The number of nitrogens with one attached hydrogen (secondary N) is 2. The molecule has 0 amide bonds. The first kappa shape index (κ1) is 23.5. The van der Waals surface area contributed by atoms with Crippen LogP contribution < -0.4 is 4.72 Å². The third-order valence-electron chi connectivity index (χ3n) is 5.47. The molecule has 1 atom stereocenters. The molecule has 0 saturated heterocycles. The molecule has 0 aliphatic rings. The number of H-pyrrole nitrogens is 1. The lowest BCUT2D eigenvalue weighted by Crippen LogP contribution is -2.29. The summed E-state index contributed by atoms with van der Waals surface area (Å²) in [4.78, 5) is 25.5. The van der Waals surface area contributed by atoms with E-state index in [-0.39, 0.29) is 6.54 Å². The molecule has 3 aromatic carbocycles. The third kappa shape index (κ3) is 4.67. The zero-order valence-electron chi connectivity index (χ0n) is 17.5. The van der Waals surface area contributed by atoms with Gasteiger partial charge in [0.05, 0.1) is 16.0 Å². The molecule has 8 nitrogen and oxygen atoms in total. The SMILES string of the molecule is O=C(O)c1cc(C(=O)O)cc(S(=O)(=O)NC[C@H](c2ccccc2Cl)c2c[nH]c3ccccc23)c1. The highest BCUT2D eigenvalue weighted by Gasteiger charge is 2.25. The average Bonchev–Trinajstić information content (AvgIpc) is 3.24. The maximum Gasteiger partial charge on any atom is 0.335 e. The topological polar surface area (TPSA) is 137 Å². The van der Waals surface area contributed by atoms with Gasteiger partial charge in [-0.2, -0.15) is 0 Å². The summed E-state index contributed by atoms with van der Waals surface area (Å²) in [5.41, 5.74) is 1.50. The summed E-state index contributed by atoms with van der Waals surface area (Å²) < 4.78 is 28.7. The second-order valence-corrected chi connectivity index (χ2v) is 9.75. The van der Waals surface area contributed by atoms with Gasteiger partial charge < -0.3 is 15.2 Å². The molecule has 0 unspecified atom stereocenters. The van der Waals surface area contributed by atoms with E-state index in [0.717, 1.165) is 34.7 Å². The lowest BCUT2D eigenvalue weighted by molar-refractivity contribution is 0.0696. The van der Waals surface area contributed by atoms with Crippen LogP contribution in [-0.4, -0.2) is 42.1 Å². The fourth-order valence-corrected chi connectivity index (χ4v) is 5.19. The fourth-order valence-electron chi connectivity index (χ4n) is 3.80. The quantitative estimate of drug-likeness (QED) is 0.285. The van der Waals surface area contributed by atoms with Crippen molar-refractivity contribution in [2.24, 2.45) is 0 Å². The van der Waals surface area contributed by atoms with Crippen LogP contribution in [0.5, 0.6) is 0 Å². The zero-order valence-corrected chi connectivity index (χ0v) is 19.1. The molecule has 0 aliphatic heterocycles. The number of benzene rings is 3. The largest absolute Gasteiger partial charge is 0.478 e. The minimum absolute atomic E-state index is 0.104. The van der Waals surface area contributed by atoms with E-state index in [2.05, 4.69) is 9.71 Å². The number of rotatable bonds is 8. The van der Waals surface area contributed by atoms with E-state index in [1.807, 2.05) is 24.3 Å². The summed E-state index contributed by atoms with van der Waals surface area (Å²) in [6.07, 6.45) is 1.79. The predicted molar refractivity (Wildman–Crippen MR) is 127 cm³/mol. The Hall–Kier alpha value is -3.66. The maximum atomic E-state index is 13.1. The number of sulfonamides is 1. The molecular formula is C24H19ClN2O6S. The summed E-state index contributed by atoms with van der Waals surface area (Å²) >= 11 is 6.45. The molecule has 174 valence electrons. The molecule has 10 heteroatoms. The number of carbonyl (C=O) groups is 2. The Morgan fingerprint density at radius 1 is 0.912 bits per heavy atom. The van der Waals surface area contributed by atoms with Crippen LogP contribution in [0.15, 0.2) is 77.8 Å². The lowest BCUT2D eigenvalue weighted by atomic mass is 9.91. The summed E-state index contributed by atoms with van der Waals surface area (Å²) in [7, 11) is -4.26. The van der Waals surface area contributed by atoms with E-state index in [1.54, 1.807) is 30.5 Å². The highest BCUT2D eigenvalue weighted by molar-refractivity contribution is 7.89. The Morgan fingerprint density at radius 2 is 1.53 bits per heavy atom. The van der Waals surface area contributed by atoms with Crippen LogP contribution in [0, 0.1) is 0 Å². The van der Waals surface area contributed by atoms with Gasteiger partial charge in [-0.05, 0) is 41.5 Å². The Balaban J connectivity index is 1.74. The van der Waals surface area contributed by atoms with Gasteiger partial charge in [-0.3, -0.25) is 0 Å². The van der Waals surface area contributed by atoms with Gasteiger partial charge in [-0.1, -0.05) is 48.0 Å². The summed E-state index contributed by atoms with van der Waals surface area (Å²) in [6, 6.07) is 17.4. The van der Waals surface area contributed by atoms with Crippen molar-refractivity contribution in [3.8, 4) is 0 Å².